The van der Waals surface area contributed by atoms with E-state index in [-0.39, 0.29) is 18.9 Å². The first kappa shape index (κ1) is 80.2. The maximum absolute atomic E-state index is 13.4. The number of hydrogen-bond acceptors (Lipinski definition) is 18. The van der Waals surface area contributed by atoms with Gasteiger partial charge in [0.1, 0.15) is 73.2 Å². The molecule has 17 unspecified atom stereocenters. The highest BCUT2D eigenvalue weighted by Gasteiger charge is 2.53. The molecule has 19 heteroatoms. The fourth-order valence-electron chi connectivity index (χ4n) is 11.1. The summed E-state index contributed by atoms with van der Waals surface area (Å²) >= 11 is 0. The van der Waals surface area contributed by atoms with E-state index in [1.54, 1.807) is 6.08 Å². The van der Waals surface area contributed by atoms with E-state index in [0.717, 1.165) is 96.3 Å². The van der Waals surface area contributed by atoms with Crippen LogP contribution in [0, 0.1) is 0 Å². The SMILES string of the molecule is CC/C=C\C/C=C\C/C=C\C/C=C\C/C=C\CCCCCCCCCC(=O)NC(COC1OC(CO)C(OC2OC(CO)C(OC3OC(CO)C(O)C(O)C3O)C(O)C2O)C(O)C1O)C(O)/C=C/CC/C=C/CCCCCCCCCCCCCCCCC. The zero-order valence-electron chi connectivity index (χ0n) is 54.1. The lowest BCUT2D eigenvalue weighted by Gasteiger charge is -2.48. The number of carbonyl (C=O) groups is 1. The van der Waals surface area contributed by atoms with Crippen molar-refractivity contribution in [1.82, 2.24) is 5.32 Å². The van der Waals surface area contributed by atoms with Gasteiger partial charge >= 0.3 is 0 Å². The molecular formula is C70H121NO18. The van der Waals surface area contributed by atoms with Crippen molar-refractivity contribution in [2.24, 2.45) is 0 Å². The van der Waals surface area contributed by atoms with Crippen molar-refractivity contribution in [3.8, 4) is 0 Å². The molecule has 0 aromatic heterocycles. The van der Waals surface area contributed by atoms with Crippen LogP contribution in [-0.2, 0) is 33.2 Å². The van der Waals surface area contributed by atoms with Gasteiger partial charge in [0.25, 0.3) is 0 Å². The van der Waals surface area contributed by atoms with Crippen molar-refractivity contribution in [2.45, 2.75) is 324 Å². The summed E-state index contributed by atoms with van der Waals surface area (Å²) in [7, 11) is 0. The summed E-state index contributed by atoms with van der Waals surface area (Å²) in [6.45, 7) is 1.59. The van der Waals surface area contributed by atoms with Gasteiger partial charge in [-0.05, 0) is 77.0 Å². The molecular weight excluding hydrogens is 1140 g/mol. The summed E-state index contributed by atoms with van der Waals surface area (Å²) in [4.78, 5) is 13.4. The number of aliphatic hydroxyl groups is 11. The smallest absolute Gasteiger partial charge is 0.220 e. The second-order valence-corrected chi connectivity index (χ2v) is 24.2. The molecule has 0 aromatic carbocycles. The van der Waals surface area contributed by atoms with Crippen LogP contribution in [-0.4, -0.2) is 193 Å². The van der Waals surface area contributed by atoms with Gasteiger partial charge in [-0.1, -0.05) is 221 Å². The number of hydrogen-bond donors (Lipinski definition) is 12. The molecule has 3 rings (SSSR count). The summed E-state index contributed by atoms with van der Waals surface area (Å²) in [5, 5.41) is 120. The molecule has 3 aliphatic heterocycles. The van der Waals surface area contributed by atoms with E-state index in [0.29, 0.717) is 12.8 Å². The third-order valence-corrected chi connectivity index (χ3v) is 16.7. The lowest BCUT2D eigenvalue weighted by molar-refractivity contribution is -0.379. The topological polar surface area (TPSA) is 307 Å². The van der Waals surface area contributed by atoms with E-state index in [2.05, 4.69) is 92.1 Å². The van der Waals surface area contributed by atoms with Crippen LogP contribution in [0.25, 0.3) is 0 Å². The van der Waals surface area contributed by atoms with Crippen molar-refractivity contribution in [2.75, 3.05) is 26.4 Å². The molecule has 0 saturated carbocycles. The van der Waals surface area contributed by atoms with Gasteiger partial charge in [0.05, 0.1) is 38.6 Å². The molecule has 0 aliphatic carbocycles. The Balaban J connectivity index is 1.47. The highest BCUT2D eigenvalue weighted by atomic mass is 16.8. The molecule has 17 atom stereocenters. The van der Waals surface area contributed by atoms with E-state index in [9.17, 15) is 61.0 Å². The van der Waals surface area contributed by atoms with Gasteiger partial charge in [0.2, 0.25) is 5.91 Å². The maximum Gasteiger partial charge on any atom is 0.220 e. The second-order valence-electron chi connectivity index (χ2n) is 24.2. The largest absolute Gasteiger partial charge is 0.394 e. The van der Waals surface area contributed by atoms with Crippen LogP contribution in [0.15, 0.2) is 85.1 Å². The highest BCUT2D eigenvalue weighted by molar-refractivity contribution is 5.76. The van der Waals surface area contributed by atoms with Crippen LogP contribution in [0.3, 0.4) is 0 Å². The van der Waals surface area contributed by atoms with Crippen LogP contribution < -0.4 is 5.32 Å². The van der Waals surface area contributed by atoms with E-state index in [4.69, 9.17) is 28.4 Å². The Labute approximate surface area is 533 Å². The lowest BCUT2D eigenvalue weighted by Crippen LogP contribution is -2.66. The molecule has 19 nitrogen and oxygen atoms in total. The minimum Gasteiger partial charge on any atom is -0.394 e. The van der Waals surface area contributed by atoms with Gasteiger partial charge in [0.15, 0.2) is 18.9 Å². The molecule has 89 heavy (non-hydrogen) atoms. The minimum atomic E-state index is -1.99. The first-order chi connectivity index (χ1) is 43.3. The summed E-state index contributed by atoms with van der Waals surface area (Å²) in [6.07, 6.45) is 38.4. The molecule has 0 bridgehead atoms. The van der Waals surface area contributed by atoms with Gasteiger partial charge < -0.3 is 89.9 Å². The molecule has 0 spiro atoms. The van der Waals surface area contributed by atoms with Crippen molar-refractivity contribution in [1.29, 1.82) is 0 Å². The molecule has 0 radical (unpaired) electrons. The average molecular weight is 1260 g/mol. The second kappa shape index (κ2) is 51.4. The van der Waals surface area contributed by atoms with Gasteiger partial charge in [-0.25, -0.2) is 0 Å². The maximum atomic E-state index is 13.4. The monoisotopic (exact) mass is 1260 g/mol. The standard InChI is InChI=1S/C70H121NO18/c1-3-5-7-9-11-13-15-17-19-21-23-25-26-28-30-32-34-36-38-40-42-44-46-48-58(76)71-53(54(75)47-45-43-41-39-37-35-33-31-29-27-24-22-20-18-16-14-12-10-8-6-4-2)52-84-68-64(82)61(79)66(56(50-73)86-68)89-70-65(83)62(80)67(57(51-74)87-70)88-69-63(81)60(78)59(77)55(49-72)85-69/h5,7,11,13,17,19,23,25,28,30,37,39,45,47,53-57,59-70,72-75,77-83H,3-4,6,8-10,12,14-16,18,20-22,24,26-27,29,31-36,38,40-44,46,48-52H2,1-2H3,(H,71,76)/b7-5-,13-11-,19-17-,25-23-,30-28-,39-37+,47-45+. The Morgan fingerprint density at radius 2 is 0.787 bits per heavy atom. The number of nitrogens with one attached hydrogen (secondary N) is 1. The molecule has 3 heterocycles. The van der Waals surface area contributed by atoms with Crippen molar-refractivity contribution >= 4 is 5.91 Å². The zero-order valence-corrected chi connectivity index (χ0v) is 54.1. The summed E-state index contributed by atoms with van der Waals surface area (Å²) in [6, 6.07) is -1.00. The Hall–Kier alpha value is -3.03. The Bertz CT molecular complexity index is 1940. The van der Waals surface area contributed by atoms with E-state index < -0.39 is 124 Å². The number of carbonyl (C=O) groups excluding carboxylic acids is 1. The van der Waals surface area contributed by atoms with Crippen molar-refractivity contribution < 1.29 is 89.4 Å². The minimum absolute atomic E-state index is 0.218. The fraction of sp³-hybridized carbons (Fsp3) is 0.786. The first-order valence-corrected chi connectivity index (χ1v) is 34.3. The molecule has 3 fully saturated rings. The van der Waals surface area contributed by atoms with Crippen molar-refractivity contribution in [3.05, 3.63) is 85.1 Å². The predicted molar refractivity (Wildman–Crippen MR) is 346 cm³/mol. The fourth-order valence-corrected chi connectivity index (χ4v) is 11.1. The molecule has 3 aliphatic rings. The third kappa shape index (κ3) is 33.6. The molecule has 3 saturated heterocycles. The molecule has 12 N–H and O–H groups in total. The lowest BCUT2D eigenvalue weighted by atomic mass is 9.96. The summed E-state index contributed by atoms with van der Waals surface area (Å²) < 4.78 is 34.3. The van der Waals surface area contributed by atoms with Gasteiger partial charge in [0, 0.05) is 6.42 Å². The number of ether oxygens (including phenoxy) is 6. The molecule has 0 aromatic rings. The van der Waals surface area contributed by atoms with E-state index >= 15 is 0 Å². The molecule has 514 valence electrons. The zero-order chi connectivity index (χ0) is 64.7. The van der Waals surface area contributed by atoms with Crippen LogP contribution in [0.2, 0.25) is 0 Å². The number of unbranched alkanes of at least 4 members (excludes halogenated alkanes) is 23. The number of amides is 1. The van der Waals surface area contributed by atoms with Gasteiger partial charge in [-0.3, -0.25) is 4.79 Å². The van der Waals surface area contributed by atoms with Gasteiger partial charge in [-0.2, -0.15) is 0 Å². The van der Waals surface area contributed by atoms with Gasteiger partial charge in [-0.15, -0.1) is 0 Å². The first-order valence-electron chi connectivity index (χ1n) is 34.3. The quantitative estimate of drug-likeness (QED) is 0.0200. The van der Waals surface area contributed by atoms with Crippen LogP contribution in [0.5, 0.6) is 0 Å². The number of allylic oxidation sites excluding steroid dienone is 13. The van der Waals surface area contributed by atoms with Crippen LogP contribution in [0.1, 0.15) is 219 Å². The normalized spacial score (nSPS) is 28.8. The summed E-state index contributed by atoms with van der Waals surface area (Å²) in [5.41, 5.74) is 0. The van der Waals surface area contributed by atoms with E-state index in [1.807, 2.05) is 6.08 Å². The van der Waals surface area contributed by atoms with Crippen LogP contribution in [0.4, 0.5) is 0 Å². The number of rotatable bonds is 51. The van der Waals surface area contributed by atoms with E-state index in [1.165, 1.54) is 89.9 Å². The highest BCUT2D eigenvalue weighted by Crippen LogP contribution is 2.33. The molecule has 1 amide bonds. The summed E-state index contributed by atoms with van der Waals surface area (Å²) in [5.74, 6) is -0.299. The van der Waals surface area contributed by atoms with Crippen molar-refractivity contribution in [3.63, 3.8) is 0 Å². The average Bonchev–Trinajstić information content (AvgIpc) is 2.09. The van der Waals surface area contributed by atoms with Crippen LogP contribution >= 0.6 is 0 Å². The Kier molecular flexibility index (Phi) is 46.3. The Morgan fingerprint density at radius 3 is 1.26 bits per heavy atom. The number of aliphatic hydroxyl groups excluding tert-OH is 11. The Morgan fingerprint density at radius 1 is 0.416 bits per heavy atom. The third-order valence-electron chi connectivity index (χ3n) is 16.7. The predicted octanol–water partition coefficient (Wildman–Crippen LogP) is 8.71.